The van der Waals surface area contributed by atoms with Gasteiger partial charge < -0.3 is 5.32 Å². The van der Waals surface area contributed by atoms with Crippen LogP contribution in [0.25, 0.3) is 9.40 Å². The fourth-order valence-electron chi connectivity index (χ4n) is 2.26. The summed E-state index contributed by atoms with van der Waals surface area (Å²) in [5.74, 6) is -0.750. The standard InChI is InChI=1S/C15H13F2NS2/c1-8-5-11(17)9(6-10(8)16)15(18-2)14-7-13-12(20-14)3-4-19-13/h3-7,15,18H,1-2H3. The van der Waals surface area contributed by atoms with Crippen molar-refractivity contribution in [1.29, 1.82) is 0 Å². The SMILES string of the molecule is CNC(c1cc2sccc2s1)c1cc(F)c(C)cc1F. The van der Waals surface area contributed by atoms with Crippen LogP contribution in [0.2, 0.25) is 0 Å². The minimum Gasteiger partial charge on any atom is -0.309 e. The number of hydrogen-bond acceptors (Lipinski definition) is 3. The van der Waals surface area contributed by atoms with Crippen molar-refractivity contribution < 1.29 is 8.78 Å². The zero-order chi connectivity index (χ0) is 14.3. The molecule has 1 aromatic carbocycles. The van der Waals surface area contributed by atoms with Crippen molar-refractivity contribution in [2.75, 3.05) is 7.05 Å². The van der Waals surface area contributed by atoms with E-state index in [2.05, 4.69) is 5.32 Å². The molecule has 2 aromatic heterocycles. The molecule has 0 saturated carbocycles. The molecule has 104 valence electrons. The molecule has 3 aromatic rings. The van der Waals surface area contributed by atoms with Gasteiger partial charge in [0.2, 0.25) is 0 Å². The molecule has 0 radical (unpaired) electrons. The number of aryl methyl sites for hydroxylation is 1. The summed E-state index contributed by atoms with van der Waals surface area (Å²) in [5.41, 5.74) is 0.678. The summed E-state index contributed by atoms with van der Waals surface area (Å²) in [5, 5.41) is 5.11. The summed E-state index contributed by atoms with van der Waals surface area (Å²) in [6, 6.07) is 6.32. The van der Waals surface area contributed by atoms with E-state index in [1.165, 1.54) is 21.5 Å². The van der Waals surface area contributed by atoms with Crippen LogP contribution >= 0.6 is 22.7 Å². The van der Waals surface area contributed by atoms with Crippen LogP contribution in [-0.2, 0) is 0 Å². The molecule has 0 bridgehead atoms. The molecule has 0 aliphatic carbocycles. The average Bonchev–Trinajstić information content (AvgIpc) is 2.97. The van der Waals surface area contributed by atoms with E-state index in [9.17, 15) is 8.78 Å². The lowest BCUT2D eigenvalue weighted by Crippen LogP contribution is -2.18. The van der Waals surface area contributed by atoms with E-state index < -0.39 is 0 Å². The number of fused-ring (bicyclic) bond motifs is 1. The Morgan fingerprint density at radius 3 is 2.60 bits per heavy atom. The lowest BCUT2D eigenvalue weighted by atomic mass is 10.0. The molecule has 0 saturated heterocycles. The van der Waals surface area contributed by atoms with Gasteiger partial charge in [0, 0.05) is 19.8 Å². The van der Waals surface area contributed by atoms with Gasteiger partial charge in [0.25, 0.3) is 0 Å². The number of rotatable bonds is 3. The van der Waals surface area contributed by atoms with Gasteiger partial charge in [-0.05, 0) is 49.2 Å². The highest BCUT2D eigenvalue weighted by Gasteiger charge is 2.20. The molecule has 1 unspecified atom stereocenters. The molecular formula is C15H13F2NS2. The van der Waals surface area contributed by atoms with Gasteiger partial charge in [-0.25, -0.2) is 8.78 Å². The quantitative estimate of drug-likeness (QED) is 0.728. The molecule has 0 aliphatic rings. The molecule has 0 spiro atoms. The van der Waals surface area contributed by atoms with Crippen LogP contribution in [0, 0.1) is 18.6 Å². The van der Waals surface area contributed by atoms with Gasteiger partial charge >= 0.3 is 0 Å². The van der Waals surface area contributed by atoms with Gasteiger partial charge in [0.15, 0.2) is 0 Å². The summed E-state index contributed by atoms with van der Waals surface area (Å²) in [4.78, 5) is 0.997. The van der Waals surface area contributed by atoms with E-state index in [0.29, 0.717) is 11.1 Å². The third-order valence-corrected chi connectivity index (χ3v) is 5.48. The number of halogens is 2. The number of thiophene rings is 2. The van der Waals surface area contributed by atoms with Gasteiger partial charge in [0.1, 0.15) is 11.6 Å². The Labute approximate surface area is 123 Å². The first-order chi connectivity index (χ1) is 9.60. The predicted molar refractivity (Wildman–Crippen MR) is 81.7 cm³/mol. The van der Waals surface area contributed by atoms with E-state index in [0.717, 1.165) is 4.88 Å². The summed E-state index contributed by atoms with van der Waals surface area (Å²) in [7, 11) is 1.76. The number of nitrogens with one attached hydrogen (secondary N) is 1. The Bertz CT molecular complexity index is 732. The van der Waals surface area contributed by atoms with Crippen LogP contribution in [0.1, 0.15) is 22.0 Å². The highest BCUT2D eigenvalue weighted by molar-refractivity contribution is 7.27. The average molecular weight is 309 g/mol. The minimum absolute atomic E-state index is 0.324. The maximum absolute atomic E-state index is 14.1. The van der Waals surface area contributed by atoms with Gasteiger partial charge in [-0.3, -0.25) is 0 Å². The van der Waals surface area contributed by atoms with Crippen molar-refractivity contribution in [2.45, 2.75) is 13.0 Å². The number of benzene rings is 1. The van der Waals surface area contributed by atoms with Crippen molar-refractivity contribution >= 4 is 32.1 Å². The van der Waals surface area contributed by atoms with Crippen LogP contribution < -0.4 is 5.32 Å². The molecule has 3 rings (SSSR count). The maximum Gasteiger partial charge on any atom is 0.128 e. The van der Waals surface area contributed by atoms with Crippen molar-refractivity contribution in [1.82, 2.24) is 5.32 Å². The van der Waals surface area contributed by atoms with Crippen LogP contribution in [0.4, 0.5) is 8.78 Å². The van der Waals surface area contributed by atoms with Crippen molar-refractivity contribution in [3.05, 3.63) is 57.3 Å². The van der Waals surface area contributed by atoms with E-state index in [4.69, 9.17) is 0 Å². The maximum atomic E-state index is 14.1. The largest absolute Gasteiger partial charge is 0.309 e. The zero-order valence-electron chi connectivity index (χ0n) is 11.0. The molecule has 1 N–H and O–H groups in total. The Balaban J connectivity index is 2.09. The van der Waals surface area contributed by atoms with E-state index in [1.807, 2.05) is 17.5 Å². The van der Waals surface area contributed by atoms with Crippen LogP contribution in [0.3, 0.4) is 0 Å². The van der Waals surface area contributed by atoms with Crippen molar-refractivity contribution in [3.8, 4) is 0 Å². The molecule has 20 heavy (non-hydrogen) atoms. The Morgan fingerprint density at radius 1 is 1.10 bits per heavy atom. The highest BCUT2D eigenvalue weighted by Crippen LogP contribution is 2.36. The molecule has 0 fully saturated rings. The van der Waals surface area contributed by atoms with E-state index in [-0.39, 0.29) is 17.7 Å². The van der Waals surface area contributed by atoms with Gasteiger partial charge in [-0.15, -0.1) is 22.7 Å². The minimum atomic E-state index is -0.375. The first-order valence-electron chi connectivity index (χ1n) is 6.20. The Hall–Kier alpha value is -1.30. The Kier molecular flexibility index (Phi) is 3.58. The molecular weight excluding hydrogens is 296 g/mol. The summed E-state index contributed by atoms with van der Waals surface area (Å²) < 4.78 is 30.2. The van der Waals surface area contributed by atoms with Crippen molar-refractivity contribution in [3.63, 3.8) is 0 Å². The molecule has 2 heterocycles. The van der Waals surface area contributed by atoms with Crippen LogP contribution in [0.15, 0.2) is 29.6 Å². The van der Waals surface area contributed by atoms with Gasteiger partial charge in [-0.1, -0.05) is 0 Å². The van der Waals surface area contributed by atoms with Gasteiger partial charge in [-0.2, -0.15) is 0 Å². The summed E-state index contributed by atoms with van der Waals surface area (Å²) >= 11 is 3.26. The molecule has 0 amide bonds. The second-order valence-electron chi connectivity index (χ2n) is 4.64. The summed E-state index contributed by atoms with van der Waals surface area (Å²) in [6.07, 6.45) is 0. The van der Waals surface area contributed by atoms with E-state index >= 15 is 0 Å². The van der Waals surface area contributed by atoms with Crippen molar-refractivity contribution in [2.24, 2.45) is 0 Å². The normalized spacial score (nSPS) is 13.0. The topological polar surface area (TPSA) is 12.0 Å². The van der Waals surface area contributed by atoms with Gasteiger partial charge in [0.05, 0.1) is 6.04 Å². The molecule has 5 heteroatoms. The smallest absolute Gasteiger partial charge is 0.128 e. The summed E-state index contributed by atoms with van der Waals surface area (Å²) in [6.45, 7) is 1.57. The van der Waals surface area contributed by atoms with Crippen LogP contribution in [0.5, 0.6) is 0 Å². The first kappa shape index (κ1) is 13.7. The second kappa shape index (κ2) is 5.24. The third kappa shape index (κ3) is 2.26. The fraction of sp³-hybridized carbons (Fsp3) is 0.200. The molecule has 0 aliphatic heterocycles. The zero-order valence-corrected chi connectivity index (χ0v) is 12.7. The lowest BCUT2D eigenvalue weighted by Gasteiger charge is -2.16. The molecule has 1 atom stereocenters. The monoisotopic (exact) mass is 309 g/mol. The van der Waals surface area contributed by atoms with Crippen LogP contribution in [-0.4, -0.2) is 7.05 Å². The first-order valence-corrected chi connectivity index (χ1v) is 7.89. The third-order valence-electron chi connectivity index (χ3n) is 3.32. The Morgan fingerprint density at radius 2 is 1.90 bits per heavy atom. The fourth-order valence-corrected chi connectivity index (χ4v) is 4.51. The highest BCUT2D eigenvalue weighted by atomic mass is 32.1. The second-order valence-corrected chi connectivity index (χ2v) is 6.71. The lowest BCUT2D eigenvalue weighted by molar-refractivity contribution is 0.556. The predicted octanol–water partition coefficient (Wildman–Crippen LogP) is 4.86. The molecule has 1 nitrogen and oxygen atoms in total. The number of hydrogen-bond donors (Lipinski definition) is 1. The van der Waals surface area contributed by atoms with E-state index in [1.54, 1.807) is 36.6 Å².